The van der Waals surface area contributed by atoms with Crippen molar-refractivity contribution < 1.29 is 4.74 Å². The van der Waals surface area contributed by atoms with Gasteiger partial charge in [-0.15, -0.1) is 0 Å². The van der Waals surface area contributed by atoms with Crippen molar-refractivity contribution in [2.24, 2.45) is 0 Å². The number of alkyl halides is 1. The Morgan fingerprint density at radius 2 is 2.19 bits per heavy atom. The van der Waals surface area contributed by atoms with Crippen LogP contribution in [0.2, 0.25) is 0 Å². The summed E-state index contributed by atoms with van der Waals surface area (Å²) < 4.78 is 6.04. The molecule has 3 heteroatoms. The maximum atomic E-state index is 8.71. The van der Waals surface area contributed by atoms with Crippen LogP contribution in [0.3, 0.4) is 0 Å². The molecule has 0 heterocycles. The Morgan fingerprint density at radius 1 is 1.50 bits per heavy atom. The van der Waals surface area contributed by atoms with Crippen LogP contribution < -0.4 is 4.74 Å². The Bertz CT molecular complexity index is 405. The molecule has 1 fully saturated rings. The van der Waals surface area contributed by atoms with Crippen LogP contribution in [0.1, 0.15) is 31.7 Å². The monoisotopic (exact) mass is 279 g/mol. The van der Waals surface area contributed by atoms with Crippen molar-refractivity contribution in [3.8, 4) is 11.8 Å². The minimum absolute atomic E-state index is 0.0475. The second-order valence-electron chi connectivity index (χ2n) is 4.16. The van der Waals surface area contributed by atoms with Crippen molar-refractivity contribution >= 4 is 15.9 Å². The molecule has 2 unspecified atom stereocenters. The number of nitriles is 1. The molecule has 1 aromatic carbocycles. The Kier molecular flexibility index (Phi) is 3.20. The van der Waals surface area contributed by atoms with Crippen LogP contribution in [0.5, 0.6) is 5.75 Å². The Morgan fingerprint density at radius 3 is 2.56 bits per heavy atom. The van der Waals surface area contributed by atoms with Crippen molar-refractivity contribution in [2.45, 2.75) is 36.6 Å². The van der Waals surface area contributed by atoms with Crippen LogP contribution in [0.4, 0.5) is 0 Å². The van der Waals surface area contributed by atoms with E-state index >= 15 is 0 Å². The maximum Gasteiger partial charge on any atom is 0.121 e. The van der Waals surface area contributed by atoms with Crippen LogP contribution in [0, 0.1) is 11.3 Å². The third-order valence-corrected chi connectivity index (χ3v) is 4.59. The first-order chi connectivity index (χ1) is 7.70. The molecular formula is C13H14BrNO. The first kappa shape index (κ1) is 11.5. The van der Waals surface area contributed by atoms with Gasteiger partial charge >= 0.3 is 0 Å². The standard InChI is InChI=1S/C13H14BrNO/c1-2-13(8-7-12(13)14)16-11-5-3-10(9-15)4-6-11/h3-6,12H,2,7-8H2,1H3. The van der Waals surface area contributed by atoms with E-state index in [1.165, 1.54) is 6.42 Å². The predicted molar refractivity (Wildman–Crippen MR) is 66.8 cm³/mol. The summed E-state index contributed by atoms with van der Waals surface area (Å²) >= 11 is 3.65. The maximum absolute atomic E-state index is 8.71. The molecule has 1 aliphatic carbocycles. The summed E-state index contributed by atoms with van der Waals surface area (Å²) in [7, 11) is 0. The Balaban J connectivity index is 2.11. The summed E-state index contributed by atoms with van der Waals surface area (Å²) in [6.07, 6.45) is 3.27. The Hall–Kier alpha value is -1.01. The Labute approximate surface area is 104 Å². The lowest BCUT2D eigenvalue weighted by molar-refractivity contribution is 0.000285. The SMILES string of the molecule is CCC1(Oc2ccc(C#N)cc2)CCC1Br. The topological polar surface area (TPSA) is 33.0 Å². The van der Waals surface area contributed by atoms with Gasteiger partial charge in [-0.25, -0.2) is 0 Å². The molecule has 0 aliphatic heterocycles. The van der Waals surface area contributed by atoms with Crippen molar-refractivity contribution in [3.63, 3.8) is 0 Å². The minimum Gasteiger partial charge on any atom is -0.486 e. The van der Waals surface area contributed by atoms with E-state index in [4.69, 9.17) is 10.00 Å². The molecule has 2 nitrogen and oxygen atoms in total. The summed E-state index contributed by atoms with van der Waals surface area (Å²) in [6.45, 7) is 2.15. The molecule has 1 saturated carbocycles. The van der Waals surface area contributed by atoms with E-state index in [-0.39, 0.29) is 5.60 Å². The van der Waals surface area contributed by atoms with Gasteiger partial charge in [-0.2, -0.15) is 5.26 Å². The molecule has 0 aromatic heterocycles. The van der Waals surface area contributed by atoms with Crippen LogP contribution >= 0.6 is 15.9 Å². The lowest BCUT2D eigenvalue weighted by Crippen LogP contribution is -2.52. The summed E-state index contributed by atoms with van der Waals surface area (Å²) in [5.41, 5.74) is 0.621. The van der Waals surface area contributed by atoms with Gasteiger partial charge in [0.2, 0.25) is 0 Å². The molecule has 0 spiro atoms. The second-order valence-corrected chi connectivity index (χ2v) is 5.27. The zero-order chi connectivity index (χ0) is 11.6. The molecule has 0 saturated heterocycles. The lowest BCUT2D eigenvalue weighted by atomic mass is 9.78. The van der Waals surface area contributed by atoms with Gasteiger partial charge in [0.25, 0.3) is 0 Å². The van der Waals surface area contributed by atoms with Crippen LogP contribution in [0.15, 0.2) is 24.3 Å². The van der Waals surface area contributed by atoms with Gasteiger partial charge in [0.1, 0.15) is 11.4 Å². The van der Waals surface area contributed by atoms with Gasteiger partial charge in [0, 0.05) is 0 Å². The molecule has 0 bridgehead atoms. The lowest BCUT2D eigenvalue weighted by Gasteiger charge is -2.46. The van der Waals surface area contributed by atoms with Gasteiger partial charge in [-0.05, 0) is 43.5 Å². The number of ether oxygens (including phenoxy) is 1. The summed E-state index contributed by atoms with van der Waals surface area (Å²) in [5.74, 6) is 0.852. The number of benzene rings is 1. The van der Waals surface area contributed by atoms with Crippen molar-refractivity contribution in [1.29, 1.82) is 5.26 Å². The van der Waals surface area contributed by atoms with Crippen LogP contribution in [0.25, 0.3) is 0 Å². The zero-order valence-corrected chi connectivity index (χ0v) is 10.8. The van der Waals surface area contributed by atoms with Crippen LogP contribution in [-0.2, 0) is 0 Å². The third-order valence-electron chi connectivity index (χ3n) is 3.29. The molecule has 0 N–H and O–H groups in total. The average molecular weight is 280 g/mol. The van der Waals surface area contributed by atoms with Gasteiger partial charge in [-0.3, -0.25) is 0 Å². The third kappa shape index (κ3) is 1.94. The average Bonchev–Trinajstić information content (AvgIpc) is 2.34. The molecule has 1 aliphatic rings. The van der Waals surface area contributed by atoms with E-state index < -0.39 is 0 Å². The summed E-state index contributed by atoms with van der Waals surface area (Å²) in [4.78, 5) is 0.445. The first-order valence-electron chi connectivity index (χ1n) is 5.53. The van der Waals surface area contributed by atoms with E-state index in [0.717, 1.165) is 18.6 Å². The normalized spacial score (nSPS) is 27.9. The fraction of sp³-hybridized carbons (Fsp3) is 0.462. The molecule has 1 aromatic rings. The molecule has 84 valence electrons. The van der Waals surface area contributed by atoms with E-state index in [1.807, 2.05) is 12.1 Å². The fourth-order valence-electron chi connectivity index (χ4n) is 1.99. The number of hydrogen-bond donors (Lipinski definition) is 0. The predicted octanol–water partition coefficient (Wildman–Crippen LogP) is 3.64. The van der Waals surface area contributed by atoms with E-state index in [9.17, 15) is 0 Å². The van der Waals surface area contributed by atoms with Gasteiger partial charge in [-0.1, -0.05) is 22.9 Å². The van der Waals surface area contributed by atoms with Gasteiger partial charge < -0.3 is 4.74 Å². The molecular weight excluding hydrogens is 266 g/mol. The van der Waals surface area contributed by atoms with Crippen molar-refractivity contribution in [2.75, 3.05) is 0 Å². The number of nitrogens with zero attached hydrogens (tertiary/aromatic N) is 1. The van der Waals surface area contributed by atoms with Crippen molar-refractivity contribution in [1.82, 2.24) is 0 Å². The molecule has 2 atom stereocenters. The fourth-order valence-corrected chi connectivity index (χ4v) is 2.87. The van der Waals surface area contributed by atoms with Gasteiger partial charge in [0.15, 0.2) is 0 Å². The van der Waals surface area contributed by atoms with E-state index in [1.54, 1.807) is 12.1 Å². The highest BCUT2D eigenvalue weighted by atomic mass is 79.9. The van der Waals surface area contributed by atoms with Crippen molar-refractivity contribution in [3.05, 3.63) is 29.8 Å². The van der Waals surface area contributed by atoms with E-state index in [2.05, 4.69) is 28.9 Å². The number of rotatable bonds is 3. The first-order valence-corrected chi connectivity index (χ1v) is 6.45. The van der Waals surface area contributed by atoms with Gasteiger partial charge in [0.05, 0.1) is 16.5 Å². The largest absolute Gasteiger partial charge is 0.486 e. The molecule has 0 radical (unpaired) electrons. The number of hydrogen-bond acceptors (Lipinski definition) is 2. The summed E-state index contributed by atoms with van der Waals surface area (Å²) in [6, 6.07) is 9.43. The number of halogens is 1. The highest BCUT2D eigenvalue weighted by Gasteiger charge is 2.46. The zero-order valence-electron chi connectivity index (χ0n) is 9.24. The second kappa shape index (κ2) is 4.47. The smallest absolute Gasteiger partial charge is 0.121 e. The molecule has 16 heavy (non-hydrogen) atoms. The van der Waals surface area contributed by atoms with Crippen LogP contribution in [-0.4, -0.2) is 10.4 Å². The highest BCUT2D eigenvalue weighted by Crippen LogP contribution is 2.44. The summed E-state index contributed by atoms with van der Waals surface area (Å²) in [5, 5.41) is 8.71. The molecule has 2 rings (SSSR count). The highest BCUT2D eigenvalue weighted by molar-refractivity contribution is 9.09. The molecule has 0 amide bonds. The quantitative estimate of drug-likeness (QED) is 0.792. The minimum atomic E-state index is -0.0475. The van der Waals surface area contributed by atoms with E-state index in [0.29, 0.717) is 10.4 Å².